The molecular weight excluding hydrogens is 354 g/mol. The number of piperidine rings is 1. The van der Waals surface area contributed by atoms with E-state index in [0.717, 1.165) is 12.8 Å². The summed E-state index contributed by atoms with van der Waals surface area (Å²) in [6, 6.07) is 16.2. The van der Waals surface area contributed by atoms with Crippen LogP contribution in [-0.4, -0.2) is 41.2 Å². The number of benzene rings is 2. The Kier molecular flexibility index (Phi) is 4.86. The molecule has 2 aromatic carbocycles. The monoisotopic (exact) mass is 377 g/mol. The predicted octanol–water partition coefficient (Wildman–Crippen LogP) is 3.31. The molecule has 0 spiro atoms. The van der Waals surface area contributed by atoms with Crippen molar-refractivity contribution in [3.05, 3.63) is 65.7 Å². The third-order valence-corrected chi connectivity index (χ3v) is 5.70. The van der Waals surface area contributed by atoms with Crippen LogP contribution in [0, 0.1) is 5.92 Å². The second kappa shape index (κ2) is 7.46. The first kappa shape index (κ1) is 18.2. The summed E-state index contributed by atoms with van der Waals surface area (Å²) < 4.78 is 0. The van der Waals surface area contributed by atoms with Gasteiger partial charge in [-0.1, -0.05) is 18.2 Å². The molecule has 0 aromatic heterocycles. The van der Waals surface area contributed by atoms with E-state index in [-0.39, 0.29) is 35.7 Å². The van der Waals surface area contributed by atoms with Crippen LogP contribution in [0.2, 0.25) is 0 Å². The lowest BCUT2D eigenvalue weighted by atomic mass is 10.0. The minimum Gasteiger partial charge on any atom is -0.349 e. The third-order valence-electron chi connectivity index (χ3n) is 5.70. The Hall–Kier alpha value is -3.15. The molecule has 1 heterocycles. The number of amides is 3. The van der Waals surface area contributed by atoms with Crippen LogP contribution in [0.25, 0.3) is 0 Å². The van der Waals surface area contributed by atoms with Gasteiger partial charge in [0, 0.05) is 35.4 Å². The number of ketones is 1. The molecule has 3 unspecified atom stereocenters. The Morgan fingerprint density at radius 2 is 1.64 bits per heavy atom. The number of Topliss-reactive ketones (excluding diaryl/α,β-unsaturated/α-hetero) is 1. The van der Waals surface area contributed by atoms with Crippen LogP contribution in [0.1, 0.15) is 40.5 Å². The Labute approximate surface area is 163 Å². The predicted molar refractivity (Wildman–Crippen MR) is 106 cm³/mol. The number of carbonyl (C=O) groups is 3. The molecule has 2 aromatic rings. The highest BCUT2D eigenvalue weighted by molar-refractivity contribution is 5.96. The summed E-state index contributed by atoms with van der Waals surface area (Å²) in [5.74, 6) is 0.224. The van der Waals surface area contributed by atoms with Crippen molar-refractivity contribution >= 4 is 23.4 Å². The molecule has 2 aliphatic rings. The van der Waals surface area contributed by atoms with E-state index in [2.05, 4.69) is 10.6 Å². The zero-order valence-electron chi connectivity index (χ0n) is 15.7. The van der Waals surface area contributed by atoms with E-state index in [1.165, 1.54) is 6.92 Å². The second-order valence-electron chi connectivity index (χ2n) is 7.55. The summed E-state index contributed by atoms with van der Waals surface area (Å²) >= 11 is 0. The fraction of sp³-hybridized carbons (Fsp3) is 0.318. The van der Waals surface area contributed by atoms with Crippen molar-refractivity contribution in [2.24, 2.45) is 5.92 Å². The van der Waals surface area contributed by atoms with Gasteiger partial charge in [-0.05, 0) is 62.1 Å². The lowest BCUT2D eigenvalue weighted by Crippen LogP contribution is -2.48. The van der Waals surface area contributed by atoms with Gasteiger partial charge in [-0.3, -0.25) is 9.59 Å². The molecule has 144 valence electrons. The van der Waals surface area contributed by atoms with Gasteiger partial charge in [0.25, 0.3) is 5.91 Å². The van der Waals surface area contributed by atoms with Crippen molar-refractivity contribution in [2.45, 2.75) is 31.8 Å². The summed E-state index contributed by atoms with van der Waals surface area (Å²) in [5.41, 5.74) is 1.95. The number of nitrogens with one attached hydrogen (secondary N) is 2. The summed E-state index contributed by atoms with van der Waals surface area (Å²) in [5, 5.41) is 6.03. The molecule has 1 aliphatic heterocycles. The van der Waals surface area contributed by atoms with E-state index in [0.29, 0.717) is 23.4 Å². The number of urea groups is 1. The van der Waals surface area contributed by atoms with Crippen LogP contribution in [0.15, 0.2) is 54.6 Å². The van der Waals surface area contributed by atoms with Crippen LogP contribution in [0.5, 0.6) is 0 Å². The van der Waals surface area contributed by atoms with Gasteiger partial charge in [-0.15, -0.1) is 0 Å². The van der Waals surface area contributed by atoms with Gasteiger partial charge in [0.15, 0.2) is 5.78 Å². The van der Waals surface area contributed by atoms with Crippen molar-refractivity contribution in [1.82, 2.24) is 10.2 Å². The van der Waals surface area contributed by atoms with Gasteiger partial charge in [0.2, 0.25) is 0 Å². The number of rotatable bonds is 4. The average molecular weight is 377 g/mol. The maximum atomic E-state index is 12.6. The molecule has 2 N–H and O–H groups in total. The maximum Gasteiger partial charge on any atom is 0.322 e. The Balaban J connectivity index is 1.33. The molecule has 1 saturated carbocycles. The fourth-order valence-corrected chi connectivity index (χ4v) is 4.20. The molecular formula is C22H23N3O3. The first-order valence-corrected chi connectivity index (χ1v) is 9.56. The first-order chi connectivity index (χ1) is 13.5. The molecule has 2 bridgehead atoms. The lowest BCUT2D eigenvalue weighted by Gasteiger charge is -2.32. The zero-order chi connectivity index (χ0) is 19.7. The molecule has 2 fully saturated rings. The maximum absolute atomic E-state index is 12.6. The van der Waals surface area contributed by atoms with E-state index in [1.807, 2.05) is 23.1 Å². The highest BCUT2D eigenvalue weighted by Gasteiger charge is 2.47. The van der Waals surface area contributed by atoms with E-state index < -0.39 is 0 Å². The van der Waals surface area contributed by atoms with Crippen molar-refractivity contribution in [3.63, 3.8) is 0 Å². The number of fused-ring (bicyclic) bond motifs is 2. The van der Waals surface area contributed by atoms with E-state index in [1.54, 1.807) is 36.4 Å². The second-order valence-corrected chi connectivity index (χ2v) is 7.55. The fourth-order valence-electron chi connectivity index (χ4n) is 4.20. The Morgan fingerprint density at radius 1 is 0.929 bits per heavy atom. The molecule has 6 heteroatoms. The number of nitrogens with zero attached hydrogens (tertiary/aromatic N) is 1. The molecule has 28 heavy (non-hydrogen) atoms. The molecule has 4 rings (SSSR count). The first-order valence-electron chi connectivity index (χ1n) is 9.56. The van der Waals surface area contributed by atoms with Crippen molar-refractivity contribution in [1.29, 1.82) is 0 Å². The quantitative estimate of drug-likeness (QED) is 0.803. The standard InChI is InChI=1S/C22H23N3O3/c1-14(26)15-7-9-18(10-8-15)23-22(28)25-13-17-11-19(25)12-20(17)24-21(27)16-5-3-2-4-6-16/h2-10,17,19-20H,11-13H2,1H3,(H,23,28)(H,24,27). The summed E-state index contributed by atoms with van der Waals surface area (Å²) in [4.78, 5) is 38.2. The van der Waals surface area contributed by atoms with Crippen LogP contribution in [0.3, 0.4) is 0 Å². The minimum absolute atomic E-state index is 0.00155. The van der Waals surface area contributed by atoms with Crippen molar-refractivity contribution < 1.29 is 14.4 Å². The number of hydrogen-bond donors (Lipinski definition) is 2. The Bertz CT molecular complexity index is 895. The lowest BCUT2D eigenvalue weighted by molar-refractivity contribution is 0.0914. The van der Waals surface area contributed by atoms with E-state index >= 15 is 0 Å². The zero-order valence-corrected chi connectivity index (χ0v) is 15.7. The van der Waals surface area contributed by atoms with Gasteiger partial charge in [-0.2, -0.15) is 0 Å². The van der Waals surface area contributed by atoms with E-state index in [4.69, 9.17) is 0 Å². The number of carbonyl (C=O) groups excluding carboxylic acids is 3. The van der Waals surface area contributed by atoms with Crippen LogP contribution < -0.4 is 10.6 Å². The van der Waals surface area contributed by atoms with Crippen LogP contribution in [-0.2, 0) is 0 Å². The van der Waals surface area contributed by atoms with Gasteiger partial charge in [0.1, 0.15) is 0 Å². The third kappa shape index (κ3) is 3.63. The number of likely N-dealkylation sites (tertiary alicyclic amines) is 1. The van der Waals surface area contributed by atoms with E-state index in [9.17, 15) is 14.4 Å². The van der Waals surface area contributed by atoms with Gasteiger partial charge in [0.05, 0.1) is 0 Å². The average Bonchev–Trinajstić information content (AvgIpc) is 3.29. The van der Waals surface area contributed by atoms with Gasteiger partial charge >= 0.3 is 6.03 Å². The number of hydrogen-bond acceptors (Lipinski definition) is 3. The SMILES string of the molecule is CC(=O)c1ccc(NC(=O)N2CC3CC2CC3NC(=O)c2ccccc2)cc1. The summed E-state index contributed by atoms with van der Waals surface area (Å²) in [7, 11) is 0. The van der Waals surface area contributed by atoms with Crippen LogP contribution in [0.4, 0.5) is 10.5 Å². The van der Waals surface area contributed by atoms with Crippen LogP contribution >= 0.6 is 0 Å². The number of anilines is 1. The normalized spacial score (nSPS) is 22.8. The molecule has 1 saturated heterocycles. The summed E-state index contributed by atoms with van der Waals surface area (Å²) in [6.45, 7) is 2.16. The molecule has 3 amide bonds. The highest BCUT2D eigenvalue weighted by atomic mass is 16.2. The van der Waals surface area contributed by atoms with Gasteiger partial charge in [-0.25, -0.2) is 4.79 Å². The molecule has 3 atom stereocenters. The van der Waals surface area contributed by atoms with Crippen molar-refractivity contribution in [3.8, 4) is 0 Å². The summed E-state index contributed by atoms with van der Waals surface area (Å²) in [6.07, 6.45) is 1.69. The smallest absolute Gasteiger partial charge is 0.322 e. The minimum atomic E-state index is -0.129. The Morgan fingerprint density at radius 3 is 2.25 bits per heavy atom. The molecule has 6 nitrogen and oxygen atoms in total. The largest absolute Gasteiger partial charge is 0.349 e. The highest BCUT2D eigenvalue weighted by Crippen LogP contribution is 2.38. The van der Waals surface area contributed by atoms with Crippen molar-refractivity contribution in [2.75, 3.05) is 11.9 Å². The topological polar surface area (TPSA) is 78.5 Å². The molecule has 0 radical (unpaired) electrons. The molecule has 1 aliphatic carbocycles. The van der Waals surface area contributed by atoms with Gasteiger partial charge < -0.3 is 15.5 Å².